The minimum absolute atomic E-state index is 0.0231. The van der Waals surface area contributed by atoms with Crippen LogP contribution in [0.5, 0.6) is 0 Å². The molecule has 1 N–H and O–H groups in total. The first kappa shape index (κ1) is 25.7. The van der Waals surface area contributed by atoms with Crippen molar-refractivity contribution in [3.8, 4) is 0 Å². The molecule has 190 valence electrons. The van der Waals surface area contributed by atoms with E-state index in [-0.39, 0.29) is 12.5 Å². The molecule has 3 amide bonds. The summed E-state index contributed by atoms with van der Waals surface area (Å²) in [6, 6.07) is 24.0. The van der Waals surface area contributed by atoms with Crippen LogP contribution < -0.4 is 15.1 Å². The first-order valence-corrected chi connectivity index (χ1v) is 12.0. The number of ether oxygens (including phenoxy) is 1. The Morgan fingerprint density at radius 3 is 2.19 bits per heavy atom. The number of fused-ring (bicyclic) bond motifs is 1. The first-order valence-electron chi connectivity index (χ1n) is 12.0. The normalized spacial score (nSPS) is 13.9. The van der Waals surface area contributed by atoms with Gasteiger partial charge in [-0.2, -0.15) is 0 Å². The molecule has 8 nitrogen and oxygen atoms in total. The number of benzene rings is 3. The maximum atomic E-state index is 13.7. The van der Waals surface area contributed by atoms with Gasteiger partial charge in [0, 0.05) is 24.0 Å². The summed E-state index contributed by atoms with van der Waals surface area (Å²) in [6.07, 6.45) is -0.711. The highest BCUT2D eigenvalue weighted by Crippen LogP contribution is 2.41. The number of nitrogens with one attached hydrogen (secondary N) is 1. The van der Waals surface area contributed by atoms with Crippen LogP contribution in [0.15, 0.2) is 78.9 Å². The molecule has 37 heavy (non-hydrogen) atoms. The standard InChI is InChI=1S/C29H30N4O4/c1-5-37-29(36)33-24-14-10-9-13-23(24)26(28(33)35)27(20-11-7-6-8-12-20)30-21-15-17-22(18-16-21)32(4)25(34)19-31(2)3/h6-18,30H,5,19H2,1-4H3/b27-26-. The van der Waals surface area contributed by atoms with Gasteiger partial charge in [0.2, 0.25) is 5.91 Å². The molecule has 1 aliphatic heterocycles. The van der Waals surface area contributed by atoms with E-state index in [0.717, 1.165) is 21.8 Å². The second kappa shape index (κ2) is 11.1. The summed E-state index contributed by atoms with van der Waals surface area (Å²) in [5, 5.41) is 3.40. The summed E-state index contributed by atoms with van der Waals surface area (Å²) < 4.78 is 5.17. The summed E-state index contributed by atoms with van der Waals surface area (Å²) in [4.78, 5) is 43.3. The van der Waals surface area contributed by atoms with Gasteiger partial charge in [-0.15, -0.1) is 0 Å². The average Bonchev–Trinajstić information content (AvgIpc) is 3.19. The summed E-state index contributed by atoms with van der Waals surface area (Å²) >= 11 is 0. The van der Waals surface area contributed by atoms with Crippen LogP contribution >= 0.6 is 0 Å². The molecule has 1 aliphatic rings. The SMILES string of the molecule is CCOC(=O)N1C(=O)/C(=C(\Nc2ccc(N(C)C(=O)CN(C)C)cc2)c2ccccc2)c2ccccc21. The molecule has 0 spiro atoms. The fraction of sp³-hybridized carbons (Fsp3) is 0.207. The van der Waals surface area contributed by atoms with Gasteiger partial charge in [-0.25, -0.2) is 9.69 Å². The van der Waals surface area contributed by atoms with Gasteiger partial charge >= 0.3 is 6.09 Å². The van der Waals surface area contributed by atoms with Crippen LogP contribution in [0.3, 0.4) is 0 Å². The first-order chi connectivity index (χ1) is 17.8. The molecular formula is C29H30N4O4. The minimum atomic E-state index is -0.711. The van der Waals surface area contributed by atoms with E-state index in [2.05, 4.69) is 5.32 Å². The Bertz CT molecular complexity index is 1330. The molecule has 3 aromatic rings. The van der Waals surface area contributed by atoms with E-state index < -0.39 is 12.0 Å². The second-order valence-corrected chi connectivity index (χ2v) is 8.84. The molecule has 0 unspecified atom stereocenters. The number of para-hydroxylation sites is 1. The van der Waals surface area contributed by atoms with Crippen molar-refractivity contribution < 1.29 is 19.1 Å². The largest absolute Gasteiger partial charge is 0.449 e. The van der Waals surface area contributed by atoms with E-state index in [1.807, 2.05) is 85.7 Å². The molecule has 0 radical (unpaired) electrons. The minimum Gasteiger partial charge on any atom is -0.449 e. The topological polar surface area (TPSA) is 82.2 Å². The molecule has 0 saturated heterocycles. The van der Waals surface area contributed by atoms with Gasteiger partial charge in [-0.1, -0.05) is 48.5 Å². The third-order valence-corrected chi connectivity index (χ3v) is 5.94. The molecule has 0 fully saturated rings. The Balaban J connectivity index is 1.75. The Morgan fingerprint density at radius 1 is 0.892 bits per heavy atom. The lowest BCUT2D eigenvalue weighted by molar-refractivity contribution is -0.119. The van der Waals surface area contributed by atoms with Crippen molar-refractivity contribution in [3.05, 3.63) is 90.0 Å². The summed E-state index contributed by atoms with van der Waals surface area (Å²) in [5.41, 5.74) is 4.32. The van der Waals surface area contributed by atoms with Gasteiger partial charge in [0.1, 0.15) is 0 Å². The maximum absolute atomic E-state index is 13.7. The quantitative estimate of drug-likeness (QED) is 0.476. The van der Waals surface area contributed by atoms with Crippen molar-refractivity contribution in [2.75, 3.05) is 49.4 Å². The molecule has 4 rings (SSSR count). The number of carbonyl (C=O) groups is 3. The van der Waals surface area contributed by atoms with E-state index >= 15 is 0 Å². The van der Waals surface area contributed by atoms with E-state index in [1.54, 1.807) is 31.0 Å². The van der Waals surface area contributed by atoms with Crippen LogP contribution in [-0.2, 0) is 14.3 Å². The number of carbonyl (C=O) groups excluding carboxylic acids is 3. The van der Waals surface area contributed by atoms with Gasteiger partial charge in [0.05, 0.1) is 30.1 Å². The van der Waals surface area contributed by atoms with Gasteiger partial charge in [0.15, 0.2) is 0 Å². The highest BCUT2D eigenvalue weighted by molar-refractivity contribution is 6.43. The van der Waals surface area contributed by atoms with Crippen LogP contribution in [0.1, 0.15) is 18.1 Å². The molecule has 0 aromatic heterocycles. The van der Waals surface area contributed by atoms with Crippen molar-refractivity contribution in [2.45, 2.75) is 6.92 Å². The van der Waals surface area contributed by atoms with E-state index in [9.17, 15) is 14.4 Å². The van der Waals surface area contributed by atoms with Gasteiger partial charge in [0.25, 0.3) is 5.91 Å². The van der Waals surface area contributed by atoms with Crippen molar-refractivity contribution in [3.63, 3.8) is 0 Å². The smallest absolute Gasteiger partial charge is 0.421 e. The summed E-state index contributed by atoms with van der Waals surface area (Å²) in [5.74, 6) is -0.485. The van der Waals surface area contributed by atoms with E-state index in [1.165, 1.54) is 0 Å². The zero-order valence-corrected chi connectivity index (χ0v) is 21.4. The predicted octanol–water partition coefficient (Wildman–Crippen LogP) is 4.69. The Hall–Kier alpha value is -4.43. The number of likely N-dealkylation sites (N-methyl/N-ethyl adjacent to an activating group) is 2. The van der Waals surface area contributed by atoms with Crippen molar-refractivity contribution in [1.82, 2.24) is 4.90 Å². The number of amides is 3. The molecule has 0 aliphatic carbocycles. The highest BCUT2D eigenvalue weighted by Gasteiger charge is 2.39. The van der Waals surface area contributed by atoms with Crippen molar-refractivity contribution in [2.24, 2.45) is 0 Å². The highest BCUT2D eigenvalue weighted by atomic mass is 16.6. The Labute approximate surface area is 216 Å². The Kier molecular flexibility index (Phi) is 7.69. The zero-order chi connectivity index (χ0) is 26.5. The number of nitrogens with zero attached hydrogens (tertiary/aromatic N) is 3. The molecular weight excluding hydrogens is 468 g/mol. The van der Waals surface area contributed by atoms with Crippen LogP contribution in [0.4, 0.5) is 21.9 Å². The molecule has 0 atom stereocenters. The Morgan fingerprint density at radius 2 is 1.54 bits per heavy atom. The van der Waals surface area contributed by atoms with Gasteiger partial charge in [-0.3, -0.25) is 9.59 Å². The third kappa shape index (κ3) is 5.39. The van der Waals surface area contributed by atoms with E-state index in [4.69, 9.17) is 4.74 Å². The number of hydrogen-bond acceptors (Lipinski definition) is 6. The average molecular weight is 499 g/mol. The lowest BCUT2D eigenvalue weighted by Crippen LogP contribution is -2.34. The number of imide groups is 1. The van der Waals surface area contributed by atoms with Gasteiger partial charge in [-0.05, 0) is 56.9 Å². The molecule has 0 saturated carbocycles. The fourth-order valence-corrected chi connectivity index (χ4v) is 4.14. The zero-order valence-electron chi connectivity index (χ0n) is 21.4. The lowest BCUT2D eigenvalue weighted by Gasteiger charge is -2.20. The van der Waals surface area contributed by atoms with Crippen LogP contribution in [-0.4, -0.2) is 57.1 Å². The summed E-state index contributed by atoms with van der Waals surface area (Å²) in [6.45, 7) is 2.16. The molecule has 3 aromatic carbocycles. The van der Waals surface area contributed by atoms with Crippen LogP contribution in [0, 0.1) is 0 Å². The van der Waals surface area contributed by atoms with Crippen molar-refractivity contribution in [1.29, 1.82) is 0 Å². The lowest BCUT2D eigenvalue weighted by atomic mass is 10.00. The van der Waals surface area contributed by atoms with E-state index in [0.29, 0.717) is 29.1 Å². The maximum Gasteiger partial charge on any atom is 0.421 e. The monoisotopic (exact) mass is 498 g/mol. The predicted molar refractivity (Wildman–Crippen MR) is 146 cm³/mol. The van der Waals surface area contributed by atoms with Gasteiger partial charge < -0.3 is 19.9 Å². The fourth-order valence-electron chi connectivity index (χ4n) is 4.14. The number of anilines is 3. The van der Waals surface area contributed by atoms with Crippen LogP contribution in [0.25, 0.3) is 11.3 Å². The second-order valence-electron chi connectivity index (χ2n) is 8.84. The van der Waals surface area contributed by atoms with Crippen molar-refractivity contribution >= 4 is 46.2 Å². The number of rotatable bonds is 7. The molecule has 1 heterocycles. The molecule has 8 heteroatoms. The third-order valence-electron chi connectivity index (χ3n) is 5.94. The van der Waals surface area contributed by atoms with Crippen LogP contribution in [0.2, 0.25) is 0 Å². The molecule has 0 bridgehead atoms. The summed E-state index contributed by atoms with van der Waals surface area (Å²) in [7, 11) is 5.44. The number of hydrogen-bond donors (Lipinski definition) is 1.